The lowest BCUT2D eigenvalue weighted by Gasteiger charge is -2.57. The molecule has 3 spiro atoms. The Kier molecular flexibility index (Phi) is 13.5. The molecule has 0 unspecified atom stereocenters. The third kappa shape index (κ3) is 14.2. The molecule has 6 heterocycles. The van der Waals surface area contributed by atoms with E-state index in [1.54, 1.807) is 36.4 Å². The largest absolute Gasteiger partial charge is 0.497 e. The molecule has 3 aliphatic carbocycles. The summed E-state index contributed by atoms with van der Waals surface area (Å²) in [6.07, 6.45) is -18.2. The van der Waals surface area contributed by atoms with Crippen LogP contribution in [0, 0.1) is 0 Å². The van der Waals surface area contributed by atoms with Crippen LogP contribution in [0.15, 0.2) is 139 Å². The number of methoxy groups -OCH3 is 2. The number of benzene rings is 5. The van der Waals surface area contributed by atoms with E-state index in [-0.39, 0.29) is 32.2 Å². The first kappa shape index (κ1) is 42.3. The lowest BCUT2D eigenvalue weighted by molar-refractivity contribution is -0.446. The van der Waals surface area contributed by atoms with Crippen molar-refractivity contribution >= 4 is 0 Å². The maximum Gasteiger partial charge on any atom is 0.229 e. The van der Waals surface area contributed by atoms with Crippen molar-refractivity contribution in [3.63, 3.8) is 0 Å². The lowest BCUT2D eigenvalue weighted by atomic mass is 9.89. The van der Waals surface area contributed by atoms with Crippen molar-refractivity contribution < 1.29 is 114 Å². The SMILES string of the molecule is [2H]c1c([2H])c([2H])c(C([2H])([2H])O[C@@H]2[C@@H](OCc3ccc(OC)cc3)[C@@H](O[C@@H]3[C@@H](OC([2H])([2H])c4c([2H])c([2H])c([2H])c([2H])c4[2H])[C@@H](O[C@@H]4[C@@H](OC([2H])([2H])c5c([2H])c([2H])c([2H])c([2H])c5[2H])[C@@H](Oc5ccc(OC)cc5)O[C@@H]5COC6(CCCCC6)O[C@@H]45)O[C@@H]4COC5(CCCCC5)O[C@@H]34)O[C@@H]3COC4(CCCCC4)O[C@@H]23)c([2H])c1[2H]. The summed E-state index contributed by atoms with van der Waals surface area (Å²) in [5.74, 6) is -3.17. The molecule has 6 aliphatic heterocycles. The number of ether oxygens (including phenoxy) is 18. The molecule has 18 heteroatoms. The Morgan fingerprint density at radius 3 is 1.14 bits per heavy atom. The molecular formula is C72H88O18. The van der Waals surface area contributed by atoms with Gasteiger partial charge >= 0.3 is 0 Å². The van der Waals surface area contributed by atoms with E-state index in [2.05, 4.69) is 0 Å². The highest BCUT2D eigenvalue weighted by atomic mass is 16.8. The zero-order valence-corrected chi connectivity index (χ0v) is 50.1. The number of hydrogen-bond donors (Lipinski definition) is 0. The van der Waals surface area contributed by atoms with Crippen LogP contribution in [-0.2, 0) is 97.3 Å². The number of hydrogen-bond acceptors (Lipinski definition) is 18. The minimum absolute atomic E-state index is 0.0626. The van der Waals surface area contributed by atoms with Crippen molar-refractivity contribution in [1.82, 2.24) is 0 Å². The molecule has 9 aliphatic rings. The second-order valence-corrected chi connectivity index (χ2v) is 23.9. The first-order chi connectivity index (χ1) is 52.7. The fourth-order valence-corrected chi connectivity index (χ4v) is 13.6. The third-order valence-corrected chi connectivity index (χ3v) is 18.1. The Morgan fingerprint density at radius 1 is 0.389 bits per heavy atom. The van der Waals surface area contributed by atoms with Crippen molar-refractivity contribution in [3.05, 3.63) is 161 Å². The molecule has 15 atom stereocenters. The van der Waals surface area contributed by atoms with Gasteiger partial charge < -0.3 is 85.3 Å². The molecule has 0 amide bonds. The van der Waals surface area contributed by atoms with Crippen LogP contribution in [0.2, 0.25) is 0 Å². The highest BCUT2D eigenvalue weighted by Gasteiger charge is 2.63. The minimum atomic E-state index is -3.56. The Hall–Kier alpha value is -5.10. The van der Waals surface area contributed by atoms with Gasteiger partial charge in [-0.15, -0.1) is 0 Å². The second kappa shape index (κ2) is 28.6. The molecule has 18 nitrogen and oxygen atoms in total. The summed E-state index contributed by atoms with van der Waals surface area (Å²) in [6.45, 7) is -11.6. The highest BCUT2D eigenvalue weighted by molar-refractivity contribution is 5.31. The van der Waals surface area contributed by atoms with Gasteiger partial charge in [-0.25, -0.2) is 0 Å². The van der Waals surface area contributed by atoms with Crippen molar-refractivity contribution in [2.45, 2.75) is 232 Å². The average Bonchev–Trinajstić information content (AvgIpc) is 0.731. The van der Waals surface area contributed by atoms with Gasteiger partial charge in [0.25, 0.3) is 0 Å². The first-order valence-electron chi connectivity index (χ1n) is 41.8. The monoisotopic (exact) mass is 1260 g/mol. The Morgan fingerprint density at radius 2 is 0.733 bits per heavy atom. The van der Waals surface area contributed by atoms with Crippen LogP contribution >= 0.6 is 0 Å². The Balaban J connectivity index is 0.966. The maximum absolute atomic E-state index is 10.1. The predicted molar refractivity (Wildman–Crippen MR) is 326 cm³/mol. The molecule has 484 valence electrons. The molecule has 0 bridgehead atoms. The fraction of sp³-hybridized carbons (Fsp3) is 0.583. The molecule has 6 saturated heterocycles. The summed E-state index contributed by atoms with van der Waals surface area (Å²) in [5, 5.41) is 0. The Bertz CT molecular complexity index is 4110. The maximum atomic E-state index is 10.1. The summed E-state index contributed by atoms with van der Waals surface area (Å²) >= 11 is 0. The first-order valence-corrected chi connectivity index (χ1v) is 31.3. The topological polar surface area (TPSA) is 166 Å². The van der Waals surface area contributed by atoms with Crippen LogP contribution in [0.3, 0.4) is 0 Å². The lowest BCUT2D eigenvalue weighted by Crippen LogP contribution is -2.72. The minimum Gasteiger partial charge on any atom is -0.497 e. The highest BCUT2D eigenvalue weighted by Crippen LogP contribution is 2.48. The van der Waals surface area contributed by atoms with Crippen LogP contribution in [0.5, 0.6) is 17.2 Å². The van der Waals surface area contributed by atoms with Crippen molar-refractivity contribution in [1.29, 1.82) is 0 Å². The summed E-state index contributed by atoms with van der Waals surface area (Å²) in [4.78, 5) is 0. The smallest absolute Gasteiger partial charge is 0.229 e. The molecule has 5 aromatic rings. The third-order valence-electron chi connectivity index (χ3n) is 18.1. The van der Waals surface area contributed by atoms with Crippen LogP contribution in [-0.4, -0.2) is 144 Å². The standard InChI is InChI=1S/C72H88O18/c1-73-52-29-27-51(28-30-52)44-76-64-61(75-41-48-21-9-3-10-22-48)58-55(45-79-70(88-58)35-15-6-16-36-70)84-68(64)86-63-60-57(47-81-72(90-60)39-19-8-20-40-72)85-69(66(63)78-43-50-25-13-5-14-26-50)87-62-59-56(46-80-71(89-59)37-17-7-18-38-71)83-67(82-54-33-31-53(74-2)32-34-54)65(62)77-42-49-23-11-4-12-24-49/h3-5,9-14,21-34,55-69H,6-8,15-20,35-47H2,1-2H3/t55-,56-,57-,58-,59-,60-,61+,62+,63+,64-,65-,66-,67+,68-,69-/m1/s1/i3D,4D,5D,9D,10D,11D,12D,13D,14D,21D,22D,23D,24D,25D,26D,41D2,42D2,43D2. The second-order valence-electron chi connectivity index (χ2n) is 23.9. The summed E-state index contributed by atoms with van der Waals surface area (Å²) < 4.78 is 314. The molecule has 9 fully saturated rings. The normalized spacial score (nSPS) is 37.3. The molecule has 14 rings (SSSR count). The van der Waals surface area contributed by atoms with Gasteiger partial charge in [0.15, 0.2) is 29.9 Å². The zero-order valence-electron chi connectivity index (χ0n) is 71.1. The molecule has 3 saturated carbocycles. The average molecular weight is 1260 g/mol. The fourth-order valence-electron chi connectivity index (χ4n) is 13.6. The van der Waals surface area contributed by atoms with Gasteiger partial charge in [0.2, 0.25) is 6.29 Å². The van der Waals surface area contributed by atoms with E-state index in [1.165, 1.54) is 26.4 Å². The van der Waals surface area contributed by atoms with Gasteiger partial charge in [-0.05, 0) is 97.2 Å². The van der Waals surface area contributed by atoms with Gasteiger partial charge in [-0.2, -0.15) is 0 Å². The molecule has 0 N–H and O–H groups in total. The van der Waals surface area contributed by atoms with Gasteiger partial charge in [0.1, 0.15) is 90.5 Å². The van der Waals surface area contributed by atoms with Crippen molar-refractivity contribution in [3.8, 4) is 17.2 Å². The van der Waals surface area contributed by atoms with E-state index in [1.807, 2.05) is 0 Å². The van der Waals surface area contributed by atoms with Gasteiger partial charge in [-0.1, -0.05) is 122 Å². The number of rotatable bonds is 20. The Labute approximate surface area is 557 Å². The van der Waals surface area contributed by atoms with Gasteiger partial charge in [0.05, 0.1) is 89.1 Å². The van der Waals surface area contributed by atoms with Crippen LogP contribution in [0.4, 0.5) is 0 Å². The van der Waals surface area contributed by atoms with Crippen molar-refractivity contribution in [2.75, 3.05) is 34.0 Å². The zero-order chi connectivity index (χ0) is 79.2. The van der Waals surface area contributed by atoms with Crippen LogP contribution in [0.1, 0.15) is 147 Å². The molecule has 5 aromatic carbocycles. The van der Waals surface area contributed by atoms with E-state index < -0.39 is 236 Å². The predicted octanol–water partition coefficient (Wildman–Crippen LogP) is 11.6. The van der Waals surface area contributed by atoms with Crippen LogP contribution < -0.4 is 14.2 Å². The quantitative estimate of drug-likeness (QED) is 0.0721. The van der Waals surface area contributed by atoms with Crippen molar-refractivity contribution in [2.24, 2.45) is 0 Å². The van der Waals surface area contributed by atoms with E-state index >= 15 is 0 Å². The molecule has 90 heavy (non-hydrogen) atoms. The van der Waals surface area contributed by atoms with Gasteiger partial charge in [0, 0.05) is 38.5 Å². The van der Waals surface area contributed by atoms with E-state index in [0.29, 0.717) is 94.1 Å². The van der Waals surface area contributed by atoms with E-state index in [4.69, 9.17) is 103 Å². The summed E-state index contributed by atoms with van der Waals surface area (Å²) in [6, 6.07) is -1.08. The van der Waals surface area contributed by atoms with E-state index in [0.717, 1.165) is 19.3 Å². The summed E-state index contributed by atoms with van der Waals surface area (Å²) in [7, 11) is 2.92. The summed E-state index contributed by atoms with van der Waals surface area (Å²) in [5.41, 5.74) is -2.37. The number of fused-ring (bicyclic) bond motifs is 3. The molecule has 0 radical (unpaired) electrons. The van der Waals surface area contributed by atoms with E-state index in [9.17, 15) is 11.0 Å². The van der Waals surface area contributed by atoms with Crippen LogP contribution in [0.25, 0.3) is 0 Å². The molecular weight excluding hydrogens is 1150 g/mol. The molecule has 0 aromatic heterocycles. The van der Waals surface area contributed by atoms with Gasteiger partial charge in [-0.3, -0.25) is 0 Å².